The lowest BCUT2D eigenvalue weighted by molar-refractivity contribution is -0.398. The van der Waals surface area contributed by atoms with Crippen LogP contribution in [0.2, 0.25) is 0 Å². The standard InChI is InChI=1S/C41H57N9O14/c1-20(2)33(40(63)48-29(18-31(54)55)36(59)44-19-32(56)57)49-39(62)28(17-24-10-12-25(52)13-11-24)46-38(61)27(16-23-8-6-5-7-9-23)47-41(64)34(22(4)51)50-37(60)26(14-15-30(43)53)45-35(58)21(3)42/h5-13,20-22,26-29,33-34,51-52H,14-19,42H2,1-4H3,(H2,43,53)(H,44,59)(H,45,58)(H,46,61)(H,47,64)(H,48,63)(H,49,62)(H,50,60)(H,54,55)(H,56,57)/p+1/t21-,22+,26-,27-,28-,29-,33-,34-/m0/s1. The van der Waals surface area contributed by atoms with Crippen LogP contribution in [0.3, 0.4) is 0 Å². The number of aliphatic hydroxyl groups is 1. The first kappa shape index (κ1) is 53.0. The van der Waals surface area contributed by atoms with Crippen LogP contribution in [-0.4, -0.2) is 135 Å². The highest BCUT2D eigenvalue weighted by Crippen LogP contribution is 2.14. The fourth-order valence-electron chi connectivity index (χ4n) is 5.92. The van der Waals surface area contributed by atoms with Crippen molar-refractivity contribution in [3.05, 3.63) is 65.7 Å². The molecule has 23 nitrogen and oxygen atoms in total. The van der Waals surface area contributed by atoms with Crippen LogP contribution < -0.4 is 48.7 Å². The molecule has 0 spiro atoms. The van der Waals surface area contributed by atoms with Gasteiger partial charge in [0.05, 0.1) is 12.5 Å². The molecule has 2 aromatic rings. The Morgan fingerprint density at radius 2 is 1.05 bits per heavy atom. The summed E-state index contributed by atoms with van der Waals surface area (Å²) in [6, 6.07) is 3.69. The predicted octanol–water partition coefficient (Wildman–Crippen LogP) is -4.31. The number of aliphatic hydroxyl groups excluding tert-OH is 1. The number of benzene rings is 2. The summed E-state index contributed by atoms with van der Waals surface area (Å²) >= 11 is 0. The molecule has 0 fully saturated rings. The van der Waals surface area contributed by atoms with Crippen LogP contribution in [0.25, 0.3) is 0 Å². The largest absolute Gasteiger partial charge is 0.508 e. The highest BCUT2D eigenvalue weighted by molar-refractivity contribution is 5.98. The molecule has 350 valence electrons. The van der Waals surface area contributed by atoms with Crippen molar-refractivity contribution in [3.63, 3.8) is 0 Å². The number of carbonyl (C=O) groups is 10. The number of rotatable bonds is 26. The van der Waals surface area contributed by atoms with E-state index in [1.54, 1.807) is 30.3 Å². The topological polar surface area (TPSA) is 389 Å². The van der Waals surface area contributed by atoms with Crippen molar-refractivity contribution in [2.45, 2.75) is 108 Å². The highest BCUT2D eigenvalue weighted by atomic mass is 16.4. The third-order valence-electron chi connectivity index (χ3n) is 9.42. The first-order valence-electron chi connectivity index (χ1n) is 20.1. The molecule has 0 saturated heterocycles. The molecule has 0 saturated carbocycles. The summed E-state index contributed by atoms with van der Waals surface area (Å²) in [4.78, 5) is 128. The van der Waals surface area contributed by atoms with Gasteiger partial charge in [-0.3, -0.25) is 47.9 Å². The van der Waals surface area contributed by atoms with Crippen molar-refractivity contribution >= 4 is 59.2 Å². The molecule has 0 unspecified atom stereocenters. The Balaban J connectivity index is 2.50. The van der Waals surface area contributed by atoms with Crippen LogP contribution in [0.15, 0.2) is 54.6 Å². The van der Waals surface area contributed by atoms with Gasteiger partial charge in [-0.25, -0.2) is 0 Å². The molecule has 0 aromatic heterocycles. The van der Waals surface area contributed by atoms with Crippen LogP contribution in [0.1, 0.15) is 58.1 Å². The molecule has 0 heterocycles. The second-order valence-electron chi connectivity index (χ2n) is 15.4. The van der Waals surface area contributed by atoms with E-state index in [2.05, 4.69) is 37.6 Å². The molecule has 0 aliphatic carbocycles. The van der Waals surface area contributed by atoms with Crippen LogP contribution in [0, 0.1) is 5.92 Å². The quantitative estimate of drug-likeness (QED) is 0.0425. The molecule has 0 radical (unpaired) electrons. The van der Waals surface area contributed by atoms with Crippen molar-refractivity contribution in [3.8, 4) is 5.75 Å². The number of amides is 8. The number of aromatic hydroxyl groups is 1. The zero-order valence-electron chi connectivity index (χ0n) is 35.8. The molecule has 16 N–H and O–H groups in total. The van der Waals surface area contributed by atoms with Crippen LogP contribution in [0.5, 0.6) is 5.75 Å². The molecule has 2 rings (SSSR count). The van der Waals surface area contributed by atoms with Gasteiger partial charge in [-0.05, 0) is 49.4 Å². The fraction of sp³-hybridized carbons (Fsp3) is 0.463. The third kappa shape index (κ3) is 18.5. The molecule has 0 aliphatic heterocycles. The van der Waals surface area contributed by atoms with Gasteiger partial charge in [-0.2, -0.15) is 0 Å². The number of aliphatic carboxylic acids is 2. The van der Waals surface area contributed by atoms with E-state index in [1.807, 2.05) is 5.32 Å². The molecule has 23 heteroatoms. The van der Waals surface area contributed by atoms with Crippen molar-refractivity contribution < 1.29 is 74.1 Å². The average molecular weight is 901 g/mol. The van der Waals surface area contributed by atoms with E-state index in [0.717, 1.165) is 0 Å². The van der Waals surface area contributed by atoms with E-state index in [4.69, 9.17) is 10.8 Å². The van der Waals surface area contributed by atoms with Gasteiger partial charge in [0.25, 0.3) is 5.91 Å². The monoisotopic (exact) mass is 900 g/mol. The summed E-state index contributed by atoms with van der Waals surface area (Å²) in [7, 11) is 0. The van der Waals surface area contributed by atoms with E-state index >= 15 is 0 Å². The van der Waals surface area contributed by atoms with Crippen LogP contribution in [0.4, 0.5) is 0 Å². The zero-order chi connectivity index (χ0) is 48.3. The minimum Gasteiger partial charge on any atom is -0.508 e. The van der Waals surface area contributed by atoms with Gasteiger partial charge >= 0.3 is 11.9 Å². The summed E-state index contributed by atoms with van der Waals surface area (Å²) in [6.45, 7) is 4.80. The summed E-state index contributed by atoms with van der Waals surface area (Å²) in [5.74, 6) is -11.3. The number of carboxylic acids is 2. The van der Waals surface area contributed by atoms with Crippen LogP contribution >= 0.6 is 0 Å². The van der Waals surface area contributed by atoms with E-state index < -0.39 is 126 Å². The second-order valence-corrected chi connectivity index (χ2v) is 15.4. The Bertz CT molecular complexity index is 1980. The number of carboxylic acid groups (broad SMARTS) is 2. The number of hydrogen-bond acceptors (Lipinski definition) is 12. The lowest BCUT2D eigenvalue weighted by atomic mass is 9.99. The molecular weight excluding hydrogens is 842 g/mol. The number of nitrogens with two attached hydrogens (primary N) is 1. The number of quaternary nitrogens is 1. The number of phenols is 1. The summed E-state index contributed by atoms with van der Waals surface area (Å²) in [5.41, 5.74) is 9.78. The summed E-state index contributed by atoms with van der Waals surface area (Å²) in [5, 5.41) is 55.4. The lowest BCUT2D eigenvalue weighted by Gasteiger charge is -2.29. The van der Waals surface area contributed by atoms with Gasteiger partial charge in [0.1, 0.15) is 48.5 Å². The maximum absolute atomic E-state index is 14.3. The summed E-state index contributed by atoms with van der Waals surface area (Å²) in [6.07, 6.45) is -3.57. The molecule has 8 atom stereocenters. The van der Waals surface area contributed by atoms with E-state index in [1.165, 1.54) is 52.0 Å². The van der Waals surface area contributed by atoms with Crippen molar-refractivity contribution in [1.29, 1.82) is 0 Å². The Labute approximate surface area is 367 Å². The Morgan fingerprint density at radius 3 is 1.55 bits per heavy atom. The zero-order valence-corrected chi connectivity index (χ0v) is 35.8. The van der Waals surface area contributed by atoms with Gasteiger partial charge in [0.2, 0.25) is 41.4 Å². The maximum Gasteiger partial charge on any atom is 0.322 e. The minimum absolute atomic E-state index is 0.113. The van der Waals surface area contributed by atoms with Gasteiger partial charge in [0, 0.05) is 19.3 Å². The summed E-state index contributed by atoms with van der Waals surface area (Å²) < 4.78 is 0. The Kier molecular flexibility index (Phi) is 21.3. The first-order valence-corrected chi connectivity index (χ1v) is 20.1. The molecule has 8 amide bonds. The smallest absolute Gasteiger partial charge is 0.322 e. The lowest BCUT2D eigenvalue weighted by Crippen LogP contribution is -2.68. The average Bonchev–Trinajstić information content (AvgIpc) is 3.21. The second kappa shape index (κ2) is 25.7. The fourth-order valence-corrected chi connectivity index (χ4v) is 5.92. The molecule has 0 aliphatic rings. The van der Waals surface area contributed by atoms with E-state index in [9.17, 15) is 63.3 Å². The number of nitrogens with one attached hydrogen (secondary N) is 7. The normalized spacial score (nSPS) is 14.7. The van der Waals surface area contributed by atoms with Gasteiger partial charge in [-0.15, -0.1) is 0 Å². The Morgan fingerprint density at radius 1 is 0.578 bits per heavy atom. The molecular formula is C41H58N9O14+. The van der Waals surface area contributed by atoms with Gasteiger partial charge < -0.3 is 69.1 Å². The predicted molar refractivity (Wildman–Crippen MR) is 224 cm³/mol. The van der Waals surface area contributed by atoms with E-state index in [-0.39, 0.29) is 31.4 Å². The molecule has 2 aromatic carbocycles. The number of primary amides is 1. The van der Waals surface area contributed by atoms with Crippen molar-refractivity contribution in [2.75, 3.05) is 6.54 Å². The Hall–Kier alpha value is -7.14. The van der Waals surface area contributed by atoms with Crippen molar-refractivity contribution in [2.24, 2.45) is 11.7 Å². The third-order valence-corrected chi connectivity index (χ3v) is 9.42. The van der Waals surface area contributed by atoms with Gasteiger partial charge in [0.15, 0.2) is 6.04 Å². The van der Waals surface area contributed by atoms with Crippen LogP contribution in [-0.2, 0) is 60.8 Å². The molecule has 64 heavy (non-hydrogen) atoms. The van der Waals surface area contributed by atoms with E-state index in [0.29, 0.717) is 11.1 Å². The number of phenolic OH excluding ortho intramolecular Hbond substituents is 1. The first-order chi connectivity index (χ1) is 30.0. The minimum atomic E-state index is -1.75. The number of hydrogen-bond donors (Lipinski definition) is 13. The SMILES string of the molecule is CC(C)[C@H](NC(=O)[C@H](Cc1ccc(O)cc1)NC(=O)[C@H](Cc1ccccc1)NC(=O)[C@@H](NC(=O)[C@H](CCC(N)=O)NC(=O)[C@H](C)[NH3+])[C@@H](C)O)C(=O)N[C@@H](CC(=O)O)C(=O)NCC(=O)O. The highest BCUT2D eigenvalue weighted by Gasteiger charge is 2.36. The van der Waals surface area contributed by atoms with Gasteiger partial charge in [-0.1, -0.05) is 56.3 Å². The maximum atomic E-state index is 14.3. The molecule has 0 bridgehead atoms. The number of carbonyl (C=O) groups excluding carboxylic acids is 8. The van der Waals surface area contributed by atoms with Crippen molar-refractivity contribution in [1.82, 2.24) is 37.2 Å².